The van der Waals surface area contributed by atoms with Gasteiger partial charge in [-0.2, -0.15) is 4.31 Å². The van der Waals surface area contributed by atoms with Gasteiger partial charge >= 0.3 is 0 Å². The van der Waals surface area contributed by atoms with Crippen molar-refractivity contribution in [2.45, 2.75) is 36.2 Å². The van der Waals surface area contributed by atoms with E-state index in [-0.39, 0.29) is 41.4 Å². The molecule has 1 aliphatic rings. The molecule has 176 valence electrons. The summed E-state index contributed by atoms with van der Waals surface area (Å²) in [6, 6.07) is 6.54. The fourth-order valence-electron chi connectivity index (χ4n) is 3.57. The molecule has 0 saturated carbocycles. The van der Waals surface area contributed by atoms with E-state index >= 15 is 0 Å². The predicted octanol–water partition coefficient (Wildman–Crippen LogP) is 0.696. The van der Waals surface area contributed by atoms with Gasteiger partial charge in [0, 0.05) is 52.9 Å². The molecule has 2 aromatic rings. The number of rotatable bonds is 7. The number of amides is 1. The second-order valence-corrected chi connectivity index (χ2v) is 12.0. The van der Waals surface area contributed by atoms with Crippen molar-refractivity contribution in [3.05, 3.63) is 41.9 Å². The lowest BCUT2D eigenvalue weighted by Crippen LogP contribution is -2.43. The van der Waals surface area contributed by atoms with Crippen molar-refractivity contribution in [1.82, 2.24) is 23.5 Å². The first-order valence-corrected chi connectivity index (χ1v) is 13.1. The SMILES string of the molecule is Cc1nc(S(=O)(=O)N2CCC(C(=O)NCc3ccccc3S(=O)(=O)N(C)C)CC2)cn1C. The fourth-order valence-corrected chi connectivity index (χ4v) is 6.18. The predicted molar refractivity (Wildman–Crippen MR) is 119 cm³/mol. The van der Waals surface area contributed by atoms with Gasteiger partial charge in [0.1, 0.15) is 5.82 Å². The maximum atomic E-state index is 12.8. The lowest BCUT2D eigenvalue weighted by atomic mass is 9.97. The zero-order valence-corrected chi connectivity index (χ0v) is 20.3. The minimum Gasteiger partial charge on any atom is -0.352 e. The van der Waals surface area contributed by atoms with Crippen molar-refractivity contribution >= 4 is 26.0 Å². The van der Waals surface area contributed by atoms with Crippen molar-refractivity contribution in [2.24, 2.45) is 13.0 Å². The number of sulfonamides is 2. The molecule has 0 bridgehead atoms. The van der Waals surface area contributed by atoms with Gasteiger partial charge in [-0.25, -0.2) is 26.1 Å². The highest BCUT2D eigenvalue weighted by Crippen LogP contribution is 2.24. The molecule has 3 rings (SSSR count). The Morgan fingerprint density at radius 1 is 1.16 bits per heavy atom. The van der Waals surface area contributed by atoms with Crippen molar-refractivity contribution in [3.63, 3.8) is 0 Å². The third-order valence-electron chi connectivity index (χ3n) is 5.70. The molecule has 1 amide bonds. The van der Waals surface area contributed by atoms with Crippen LogP contribution in [0.5, 0.6) is 0 Å². The number of aromatic nitrogens is 2. The smallest absolute Gasteiger partial charge is 0.262 e. The maximum absolute atomic E-state index is 12.8. The van der Waals surface area contributed by atoms with Crippen LogP contribution in [0.4, 0.5) is 0 Å². The number of benzene rings is 1. The Labute approximate surface area is 189 Å². The van der Waals surface area contributed by atoms with Gasteiger partial charge in [-0.15, -0.1) is 0 Å². The minimum atomic E-state index is -3.70. The maximum Gasteiger partial charge on any atom is 0.262 e. The summed E-state index contributed by atoms with van der Waals surface area (Å²) in [7, 11) is -2.68. The third-order valence-corrected chi connectivity index (χ3v) is 9.39. The molecule has 1 saturated heterocycles. The van der Waals surface area contributed by atoms with E-state index in [0.29, 0.717) is 24.2 Å². The summed E-state index contributed by atoms with van der Waals surface area (Å²) in [5.74, 6) is 0.0479. The van der Waals surface area contributed by atoms with Crippen LogP contribution in [0.3, 0.4) is 0 Å². The Morgan fingerprint density at radius 2 is 1.78 bits per heavy atom. The molecule has 12 heteroatoms. The molecule has 1 aromatic heterocycles. The van der Waals surface area contributed by atoms with Crippen LogP contribution in [-0.2, 0) is 38.4 Å². The van der Waals surface area contributed by atoms with Gasteiger partial charge in [-0.05, 0) is 31.4 Å². The quantitative estimate of drug-likeness (QED) is 0.619. The molecule has 0 atom stereocenters. The molecule has 0 spiro atoms. The highest BCUT2D eigenvalue weighted by Gasteiger charge is 2.33. The fraction of sp³-hybridized carbons (Fsp3) is 0.500. The topological polar surface area (TPSA) is 122 Å². The minimum absolute atomic E-state index is 0.0131. The number of hydrogen-bond donors (Lipinski definition) is 1. The summed E-state index contributed by atoms with van der Waals surface area (Å²) in [5, 5.41) is 2.82. The van der Waals surface area contributed by atoms with Crippen LogP contribution in [0.25, 0.3) is 0 Å². The molecule has 0 unspecified atom stereocenters. The lowest BCUT2D eigenvalue weighted by molar-refractivity contribution is -0.126. The second kappa shape index (κ2) is 9.30. The number of aryl methyl sites for hydroxylation is 2. The van der Waals surface area contributed by atoms with Crippen LogP contribution in [0, 0.1) is 12.8 Å². The number of piperidine rings is 1. The van der Waals surface area contributed by atoms with E-state index < -0.39 is 20.0 Å². The molecule has 0 aliphatic carbocycles. The molecular weight excluding hydrogens is 454 g/mol. The summed E-state index contributed by atoms with van der Waals surface area (Å²) in [4.78, 5) is 17.0. The van der Waals surface area contributed by atoms with Crippen LogP contribution in [0.2, 0.25) is 0 Å². The number of nitrogens with zero attached hydrogens (tertiary/aromatic N) is 4. The summed E-state index contributed by atoms with van der Waals surface area (Å²) < 4.78 is 54.8. The Balaban J connectivity index is 1.62. The number of carbonyl (C=O) groups is 1. The van der Waals surface area contributed by atoms with Crippen molar-refractivity contribution in [3.8, 4) is 0 Å². The van der Waals surface area contributed by atoms with E-state index in [1.807, 2.05) is 0 Å². The van der Waals surface area contributed by atoms with Gasteiger partial charge in [0.25, 0.3) is 10.0 Å². The van der Waals surface area contributed by atoms with Crippen molar-refractivity contribution in [2.75, 3.05) is 27.2 Å². The van der Waals surface area contributed by atoms with E-state index in [9.17, 15) is 21.6 Å². The van der Waals surface area contributed by atoms with Gasteiger partial charge < -0.3 is 9.88 Å². The third kappa shape index (κ3) is 4.87. The molecule has 1 aromatic carbocycles. The number of hydrogen-bond acceptors (Lipinski definition) is 6. The van der Waals surface area contributed by atoms with Crippen molar-refractivity contribution < 1.29 is 21.6 Å². The zero-order valence-electron chi connectivity index (χ0n) is 18.6. The lowest BCUT2D eigenvalue weighted by Gasteiger charge is -2.30. The average molecular weight is 484 g/mol. The zero-order chi connectivity index (χ0) is 23.7. The van der Waals surface area contributed by atoms with Gasteiger partial charge in [0.15, 0.2) is 5.03 Å². The largest absolute Gasteiger partial charge is 0.352 e. The Kier molecular flexibility index (Phi) is 7.08. The summed E-state index contributed by atoms with van der Waals surface area (Å²) >= 11 is 0. The van der Waals surface area contributed by atoms with Gasteiger partial charge in [-0.3, -0.25) is 4.79 Å². The first-order chi connectivity index (χ1) is 14.9. The Bertz CT molecular complexity index is 1180. The van der Waals surface area contributed by atoms with E-state index in [4.69, 9.17) is 0 Å². The van der Waals surface area contributed by atoms with Crippen LogP contribution in [0.15, 0.2) is 40.4 Å². The number of carbonyl (C=O) groups excluding carboxylic acids is 1. The van der Waals surface area contributed by atoms with Gasteiger partial charge in [0.2, 0.25) is 15.9 Å². The summed E-state index contributed by atoms with van der Waals surface area (Å²) in [6.45, 7) is 2.26. The van der Waals surface area contributed by atoms with Crippen LogP contribution in [-0.4, -0.2) is 68.1 Å². The second-order valence-electron chi connectivity index (χ2n) is 8.03. The molecule has 1 fully saturated rings. The summed E-state index contributed by atoms with van der Waals surface area (Å²) in [5.41, 5.74) is 0.500. The summed E-state index contributed by atoms with van der Waals surface area (Å²) in [6.07, 6.45) is 2.26. The number of imidazole rings is 1. The molecular formula is C20H29N5O5S2. The molecule has 10 nitrogen and oxygen atoms in total. The van der Waals surface area contributed by atoms with E-state index in [1.54, 1.807) is 36.7 Å². The average Bonchev–Trinajstić information content (AvgIpc) is 3.11. The standard InChI is InChI=1S/C20H29N5O5S2/c1-15-22-19(14-24(15)4)32(29,30)25-11-9-16(10-12-25)20(26)21-13-17-7-5-6-8-18(17)31(27,28)23(2)3/h5-8,14,16H,9-13H2,1-4H3,(H,21,26). The highest BCUT2D eigenvalue weighted by atomic mass is 32.2. The van der Waals surface area contributed by atoms with E-state index in [1.165, 1.54) is 30.7 Å². The van der Waals surface area contributed by atoms with E-state index in [0.717, 1.165) is 4.31 Å². The van der Waals surface area contributed by atoms with Crippen molar-refractivity contribution in [1.29, 1.82) is 0 Å². The van der Waals surface area contributed by atoms with Gasteiger partial charge in [0.05, 0.1) is 4.90 Å². The Morgan fingerprint density at radius 3 is 2.34 bits per heavy atom. The Hall–Kier alpha value is -2.28. The molecule has 2 heterocycles. The number of nitrogens with one attached hydrogen (secondary N) is 1. The van der Waals surface area contributed by atoms with Crippen LogP contribution in [0.1, 0.15) is 24.2 Å². The molecule has 0 radical (unpaired) electrons. The highest BCUT2D eigenvalue weighted by molar-refractivity contribution is 7.89. The molecule has 1 aliphatic heterocycles. The first-order valence-electron chi connectivity index (χ1n) is 10.2. The van der Waals surface area contributed by atoms with Gasteiger partial charge in [-0.1, -0.05) is 18.2 Å². The van der Waals surface area contributed by atoms with E-state index in [2.05, 4.69) is 10.3 Å². The van der Waals surface area contributed by atoms with Crippen LogP contribution < -0.4 is 5.32 Å². The normalized spacial score (nSPS) is 16.4. The first kappa shape index (κ1) is 24.4. The monoisotopic (exact) mass is 483 g/mol. The van der Waals surface area contributed by atoms with Crippen LogP contribution >= 0.6 is 0 Å². The molecule has 32 heavy (non-hydrogen) atoms. The molecule has 1 N–H and O–H groups in total.